The van der Waals surface area contributed by atoms with Crippen molar-refractivity contribution < 1.29 is 20.1 Å². The lowest BCUT2D eigenvalue weighted by atomic mass is 10.00. The minimum absolute atomic E-state index is 0.0476. The number of hydrogen-bond donors (Lipinski definition) is 3. The zero-order valence-electron chi connectivity index (χ0n) is 18.0. The second-order valence-electron chi connectivity index (χ2n) is 7.37. The van der Waals surface area contributed by atoms with Crippen LogP contribution in [0.3, 0.4) is 0 Å². The fourth-order valence-corrected chi connectivity index (χ4v) is 3.62. The Bertz CT molecular complexity index is 1670. The van der Waals surface area contributed by atoms with Crippen LogP contribution >= 0.6 is 0 Å². The van der Waals surface area contributed by atoms with Crippen LogP contribution < -0.4 is 0 Å². The highest BCUT2D eigenvalue weighted by Crippen LogP contribution is 2.31. The molecule has 4 aromatic carbocycles. The second-order valence-corrected chi connectivity index (χ2v) is 7.37. The SMILES string of the molecule is N#CC(N=Cc1c(O)ccc2ccccc12)=C(C#N)N=Cc1c(O)c(C(=O)O)cc2ccccc12. The highest BCUT2D eigenvalue weighted by molar-refractivity contribution is 6.08. The minimum atomic E-state index is -1.32. The van der Waals surface area contributed by atoms with E-state index in [-0.39, 0.29) is 28.3 Å². The number of aromatic hydroxyl groups is 2. The molecule has 0 amide bonds. The van der Waals surface area contributed by atoms with Crippen LogP contribution in [0.1, 0.15) is 21.5 Å². The molecule has 4 rings (SSSR count). The Balaban J connectivity index is 1.81. The van der Waals surface area contributed by atoms with Gasteiger partial charge >= 0.3 is 5.97 Å². The number of carbonyl (C=O) groups is 1. The summed E-state index contributed by atoms with van der Waals surface area (Å²) >= 11 is 0. The van der Waals surface area contributed by atoms with Crippen molar-refractivity contribution in [3.05, 3.63) is 94.8 Å². The van der Waals surface area contributed by atoms with Gasteiger partial charge < -0.3 is 15.3 Å². The van der Waals surface area contributed by atoms with Crippen molar-refractivity contribution >= 4 is 39.9 Å². The molecule has 0 radical (unpaired) electrons. The van der Waals surface area contributed by atoms with Crippen molar-refractivity contribution in [2.75, 3.05) is 0 Å². The first-order valence-electron chi connectivity index (χ1n) is 10.3. The van der Waals surface area contributed by atoms with Gasteiger partial charge in [0.15, 0.2) is 11.4 Å². The Morgan fingerprint density at radius 1 is 0.771 bits per heavy atom. The lowest BCUT2D eigenvalue weighted by Gasteiger charge is -2.08. The average molecular weight is 460 g/mol. The van der Waals surface area contributed by atoms with Crippen molar-refractivity contribution in [2.45, 2.75) is 0 Å². The van der Waals surface area contributed by atoms with Crippen LogP contribution in [0.15, 0.2) is 88.1 Å². The molecule has 0 saturated heterocycles. The maximum Gasteiger partial charge on any atom is 0.339 e. The maximum absolute atomic E-state index is 11.6. The summed E-state index contributed by atoms with van der Waals surface area (Å²) in [4.78, 5) is 19.7. The smallest absolute Gasteiger partial charge is 0.339 e. The first-order chi connectivity index (χ1) is 16.9. The van der Waals surface area contributed by atoms with Crippen LogP contribution in [0.5, 0.6) is 11.5 Å². The summed E-state index contributed by atoms with van der Waals surface area (Å²) < 4.78 is 0. The van der Waals surface area contributed by atoms with Gasteiger partial charge in [-0.25, -0.2) is 14.8 Å². The standard InChI is InChI=1S/C27H16N4O4/c28-12-23(30-14-21-18-7-3-1-5-16(18)9-10-25(21)32)24(13-29)31-15-22-19-8-4-2-6-17(19)11-20(26(22)33)27(34)35/h1-11,14-15,32-33H,(H,34,35). The fourth-order valence-electron chi connectivity index (χ4n) is 3.62. The summed E-state index contributed by atoms with van der Waals surface area (Å²) in [7, 11) is 0. The number of phenols is 2. The Morgan fingerprint density at radius 2 is 1.31 bits per heavy atom. The third kappa shape index (κ3) is 4.40. The molecule has 168 valence electrons. The Labute approximate surface area is 199 Å². The van der Waals surface area contributed by atoms with E-state index in [4.69, 9.17) is 0 Å². The molecule has 0 aliphatic carbocycles. The molecule has 0 aliphatic rings. The zero-order valence-corrected chi connectivity index (χ0v) is 18.0. The Morgan fingerprint density at radius 3 is 1.91 bits per heavy atom. The number of benzene rings is 4. The highest BCUT2D eigenvalue weighted by Gasteiger charge is 2.16. The molecule has 8 heteroatoms. The molecule has 0 saturated carbocycles. The number of fused-ring (bicyclic) bond motifs is 2. The van der Waals surface area contributed by atoms with E-state index in [9.17, 15) is 30.6 Å². The predicted octanol–water partition coefficient (Wildman–Crippen LogP) is 4.90. The first kappa shape index (κ1) is 22.7. The van der Waals surface area contributed by atoms with Gasteiger partial charge in [0.1, 0.15) is 29.2 Å². The molecule has 8 nitrogen and oxygen atoms in total. The number of rotatable bonds is 5. The van der Waals surface area contributed by atoms with Crippen LogP contribution in [0.4, 0.5) is 0 Å². The van der Waals surface area contributed by atoms with E-state index in [1.807, 2.05) is 18.2 Å². The summed E-state index contributed by atoms with van der Waals surface area (Å²) in [5, 5.41) is 52.1. The highest BCUT2D eigenvalue weighted by atomic mass is 16.4. The second kappa shape index (κ2) is 9.57. The molecule has 0 aromatic heterocycles. The first-order valence-corrected chi connectivity index (χ1v) is 10.3. The number of phenolic OH excluding ortho intramolecular Hbond substituents is 1. The normalized spacial score (nSPS) is 12.1. The number of carboxylic acids is 1. The maximum atomic E-state index is 11.6. The number of nitrogens with zero attached hydrogens (tertiary/aromatic N) is 4. The molecular formula is C27H16N4O4. The van der Waals surface area contributed by atoms with Gasteiger partial charge in [0.2, 0.25) is 0 Å². The number of aliphatic imine (C=N–C) groups is 2. The van der Waals surface area contributed by atoms with Crippen LogP contribution in [0, 0.1) is 22.7 Å². The van der Waals surface area contributed by atoms with E-state index in [1.165, 1.54) is 18.3 Å². The van der Waals surface area contributed by atoms with E-state index in [1.54, 1.807) is 48.5 Å². The van der Waals surface area contributed by atoms with Crippen molar-refractivity contribution in [3.63, 3.8) is 0 Å². The van der Waals surface area contributed by atoms with Gasteiger partial charge in [-0.15, -0.1) is 0 Å². The molecule has 0 fully saturated rings. The van der Waals surface area contributed by atoms with Gasteiger partial charge in [0.05, 0.1) is 0 Å². The van der Waals surface area contributed by atoms with Gasteiger partial charge in [-0.1, -0.05) is 54.6 Å². The van der Waals surface area contributed by atoms with Crippen LogP contribution in [0.25, 0.3) is 21.5 Å². The summed E-state index contributed by atoms with van der Waals surface area (Å²) in [6.07, 6.45) is 2.41. The Hall–Kier alpha value is -5.47. The van der Waals surface area contributed by atoms with Crippen LogP contribution in [0.2, 0.25) is 0 Å². The average Bonchev–Trinajstić information content (AvgIpc) is 2.87. The van der Waals surface area contributed by atoms with Crippen LogP contribution in [-0.4, -0.2) is 33.7 Å². The quantitative estimate of drug-likeness (QED) is 0.285. The largest absolute Gasteiger partial charge is 0.507 e. The number of hydrogen-bond acceptors (Lipinski definition) is 7. The lowest BCUT2D eigenvalue weighted by Crippen LogP contribution is -2.00. The summed E-state index contributed by atoms with van der Waals surface area (Å²) in [6.45, 7) is 0. The van der Waals surface area contributed by atoms with Crippen molar-refractivity contribution in [1.82, 2.24) is 0 Å². The van der Waals surface area contributed by atoms with Gasteiger partial charge in [-0.3, -0.25) is 0 Å². The van der Waals surface area contributed by atoms with Crippen molar-refractivity contribution in [2.24, 2.45) is 9.98 Å². The molecule has 0 unspecified atom stereocenters. The fraction of sp³-hybridized carbons (Fsp3) is 0. The van der Waals surface area contributed by atoms with Gasteiger partial charge in [-0.05, 0) is 33.7 Å². The number of carboxylic acid groups (broad SMARTS) is 1. The van der Waals surface area contributed by atoms with Gasteiger partial charge in [0, 0.05) is 23.6 Å². The van der Waals surface area contributed by atoms with Crippen molar-refractivity contribution in [3.8, 4) is 23.6 Å². The van der Waals surface area contributed by atoms with Crippen LogP contribution in [-0.2, 0) is 0 Å². The third-order valence-electron chi connectivity index (χ3n) is 5.32. The molecule has 0 heterocycles. The topological polar surface area (TPSA) is 150 Å². The lowest BCUT2D eigenvalue weighted by molar-refractivity contribution is 0.0694. The van der Waals surface area contributed by atoms with E-state index in [2.05, 4.69) is 9.98 Å². The van der Waals surface area contributed by atoms with E-state index >= 15 is 0 Å². The molecule has 0 atom stereocenters. The summed E-state index contributed by atoms with van der Waals surface area (Å²) in [5.74, 6) is -1.88. The summed E-state index contributed by atoms with van der Waals surface area (Å²) in [5.41, 5.74) is -0.546. The number of nitriles is 2. The van der Waals surface area contributed by atoms with Gasteiger partial charge in [-0.2, -0.15) is 10.5 Å². The van der Waals surface area contributed by atoms with E-state index in [0.29, 0.717) is 21.7 Å². The Kier molecular flexibility index (Phi) is 6.21. The molecule has 35 heavy (non-hydrogen) atoms. The molecule has 0 bridgehead atoms. The molecular weight excluding hydrogens is 444 g/mol. The number of allylic oxidation sites excluding steroid dienone is 2. The zero-order chi connectivity index (χ0) is 24.9. The predicted molar refractivity (Wildman–Crippen MR) is 132 cm³/mol. The molecule has 3 N–H and O–H groups in total. The monoisotopic (exact) mass is 460 g/mol. The van der Waals surface area contributed by atoms with Gasteiger partial charge in [0.25, 0.3) is 0 Å². The number of aromatic carboxylic acids is 1. The minimum Gasteiger partial charge on any atom is -0.507 e. The molecule has 4 aromatic rings. The molecule has 0 aliphatic heterocycles. The third-order valence-corrected chi connectivity index (χ3v) is 5.32. The van der Waals surface area contributed by atoms with E-state index in [0.717, 1.165) is 11.6 Å². The molecule has 0 spiro atoms. The van der Waals surface area contributed by atoms with E-state index < -0.39 is 11.7 Å². The summed E-state index contributed by atoms with van der Waals surface area (Å²) in [6, 6.07) is 22.3. The van der Waals surface area contributed by atoms with Crippen molar-refractivity contribution in [1.29, 1.82) is 10.5 Å².